The second-order valence-electron chi connectivity index (χ2n) is 4.82. The molecule has 0 radical (unpaired) electrons. The summed E-state index contributed by atoms with van der Waals surface area (Å²) in [5.41, 5.74) is 1.08. The molecule has 100 valence electrons. The molecule has 0 aliphatic rings. The van der Waals surface area contributed by atoms with Crippen LogP contribution in [0.15, 0.2) is 18.2 Å². The van der Waals surface area contributed by atoms with Gasteiger partial charge >= 0.3 is 0 Å². The highest BCUT2D eigenvalue weighted by molar-refractivity contribution is 5.94. The molecular weight excluding hydrogens is 229 g/mol. The lowest BCUT2D eigenvalue weighted by Gasteiger charge is -2.24. The highest BCUT2D eigenvalue weighted by Crippen LogP contribution is 2.13. The van der Waals surface area contributed by atoms with Crippen LogP contribution in [0.1, 0.15) is 43.1 Å². The number of nitrogens with zero attached hydrogens (tertiary/aromatic N) is 1. The molecule has 0 saturated carbocycles. The number of hydrogen-bond donors (Lipinski definition) is 0. The van der Waals surface area contributed by atoms with Crippen LogP contribution in [0, 0.1) is 18.7 Å². The third-order valence-corrected chi connectivity index (χ3v) is 3.30. The molecule has 18 heavy (non-hydrogen) atoms. The summed E-state index contributed by atoms with van der Waals surface area (Å²) in [5, 5.41) is 0. The maximum Gasteiger partial charge on any atom is 0.253 e. The van der Waals surface area contributed by atoms with Crippen LogP contribution in [0.2, 0.25) is 0 Å². The van der Waals surface area contributed by atoms with Crippen LogP contribution in [0.5, 0.6) is 0 Å². The predicted octanol–water partition coefficient (Wildman–Crippen LogP) is 3.64. The monoisotopic (exact) mass is 251 g/mol. The van der Waals surface area contributed by atoms with Crippen molar-refractivity contribution < 1.29 is 9.18 Å². The maximum atomic E-state index is 13.2. The molecule has 1 aromatic rings. The van der Waals surface area contributed by atoms with Gasteiger partial charge in [-0.15, -0.1) is 0 Å². The first-order valence-electron chi connectivity index (χ1n) is 6.55. The lowest BCUT2D eigenvalue weighted by atomic mass is 10.1. The van der Waals surface area contributed by atoms with E-state index in [1.165, 1.54) is 6.07 Å². The minimum absolute atomic E-state index is 0.0131. The van der Waals surface area contributed by atoms with Crippen molar-refractivity contribution in [3.8, 4) is 0 Å². The quantitative estimate of drug-likeness (QED) is 0.782. The smallest absolute Gasteiger partial charge is 0.253 e. The average molecular weight is 251 g/mol. The summed E-state index contributed by atoms with van der Waals surface area (Å²) < 4.78 is 13.2. The van der Waals surface area contributed by atoms with E-state index in [1.54, 1.807) is 19.1 Å². The number of benzene rings is 1. The molecule has 1 aromatic carbocycles. The van der Waals surface area contributed by atoms with E-state index in [-0.39, 0.29) is 11.7 Å². The first-order valence-corrected chi connectivity index (χ1v) is 6.55. The number of carbonyl (C=O) groups is 1. The number of amides is 1. The summed E-state index contributed by atoms with van der Waals surface area (Å²) in [6.45, 7) is 9.33. The SMILES string of the molecule is CCC(C)CN(CC)C(=O)c1ccc(F)c(C)c1. The first kappa shape index (κ1) is 14.7. The van der Waals surface area contributed by atoms with Crippen molar-refractivity contribution >= 4 is 5.91 Å². The molecule has 0 heterocycles. The summed E-state index contributed by atoms with van der Waals surface area (Å²) in [6.07, 6.45) is 1.05. The fourth-order valence-corrected chi connectivity index (χ4v) is 1.82. The molecule has 1 atom stereocenters. The minimum atomic E-state index is -0.267. The zero-order valence-corrected chi connectivity index (χ0v) is 11.7. The number of carbonyl (C=O) groups excluding carboxylic acids is 1. The van der Waals surface area contributed by atoms with Crippen LogP contribution in [0.3, 0.4) is 0 Å². The van der Waals surface area contributed by atoms with Gasteiger partial charge in [-0.05, 0) is 43.5 Å². The van der Waals surface area contributed by atoms with Crippen LogP contribution in [-0.2, 0) is 0 Å². The highest BCUT2D eigenvalue weighted by Gasteiger charge is 2.16. The summed E-state index contributed by atoms with van der Waals surface area (Å²) >= 11 is 0. The van der Waals surface area contributed by atoms with E-state index in [1.807, 2.05) is 11.8 Å². The Balaban J connectivity index is 2.86. The zero-order chi connectivity index (χ0) is 13.7. The van der Waals surface area contributed by atoms with E-state index >= 15 is 0 Å². The van der Waals surface area contributed by atoms with Crippen molar-refractivity contribution in [1.29, 1.82) is 0 Å². The van der Waals surface area contributed by atoms with Crippen LogP contribution in [0.4, 0.5) is 4.39 Å². The van der Waals surface area contributed by atoms with Crippen molar-refractivity contribution in [2.75, 3.05) is 13.1 Å². The number of halogens is 1. The summed E-state index contributed by atoms with van der Waals surface area (Å²) in [4.78, 5) is 14.1. The van der Waals surface area contributed by atoms with Crippen LogP contribution >= 0.6 is 0 Å². The molecule has 1 rings (SSSR count). The molecule has 1 unspecified atom stereocenters. The van der Waals surface area contributed by atoms with E-state index in [0.29, 0.717) is 23.6 Å². The van der Waals surface area contributed by atoms with Gasteiger partial charge in [0.2, 0.25) is 0 Å². The van der Waals surface area contributed by atoms with Gasteiger partial charge in [-0.1, -0.05) is 20.3 Å². The fraction of sp³-hybridized carbons (Fsp3) is 0.533. The minimum Gasteiger partial charge on any atom is -0.339 e. The van der Waals surface area contributed by atoms with Gasteiger partial charge in [-0.3, -0.25) is 4.79 Å². The molecule has 2 nitrogen and oxygen atoms in total. The summed E-state index contributed by atoms with van der Waals surface area (Å²) in [7, 11) is 0. The molecule has 3 heteroatoms. The molecule has 0 spiro atoms. The van der Waals surface area contributed by atoms with Crippen LogP contribution in [-0.4, -0.2) is 23.9 Å². The Hall–Kier alpha value is -1.38. The second kappa shape index (κ2) is 6.53. The Labute approximate surface area is 109 Å². The van der Waals surface area contributed by atoms with Crippen molar-refractivity contribution in [1.82, 2.24) is 4.90 Å². The molecule has 0 saturated heterocycles. The van der Waals surface area contributed by atoms with Crippen LogP contribution in [0.25, 0.3) is 0 Å². The number of aryl methyl sites for hydroxylation is 1. The van der Waals surface area contributed by atoms with Crippen molar-refractivity contribution in [2.24, 2.45) is 5.92 Å². The van der Waals surface area contributed by atoms with E-state index in [0.717, 1.165) is 13.0 Å². The van der Waals surface area contributed by atoms with Crippen molar-refractivity contribution in [3.63, 3.8) is 0 Å². The van der Waals surface area contributed by atoms with Gasteiger partial charge in [0, 0.05) is 18.7 Å². The summed E-state index contributed by atoms with van der Waals surface area (Å²) in [5.74, 6) is 0.202. The zero-order valence-electron chi connectivity index (χ0n) is 11.7. The molecule has 0 aliphatic heterocycles. The van der Waals surface area contributed by atoms with Crippen molar-refractivity contribution in [3.05, 3.63) is 35.1 Å². The normalized spacial score (nSPS) is 12.3. The van der Waals surface area contributed by atoms with Gasteiger partial charge in [0.25, 0.3) is 5.91 Å². The molecule has 0 bridgehead atoms. The molecule has 0 N–H and O–H groups in total. The standard InChI is InChI=1S/C15H22FNO/c1-5-11(3)10-17(6-2)15(18)13-7-8-14(16)12(4)9-13/h7-9,11H,5-6,10H2,1-4H3. The first-order chi connectivity index (χ1) is 8.49. The van der Waals surface area contributed by atoms with Crippen molar-refractivity contribution in [2.45, 2.75) is 34.1 Å². The Kier molecular flexibility index (Phi) is 5.32. The van der Waals surface area contributed by atoms with Gasteiger partial charge < -0.3 is 4.90 Å². The third kappa shape index (κ3) is 3.56. The summed E-state index contributed by atoms with van der Waals surface area (Å²) in [6, 6.07) is 4.54. The van der Waals surface area contributed by atoms with Gasteiger partial charge in [0.15, 0.2) is 0 Å². The molecule has 1 amide bonds. The maximum absolute atomic E-state index is 13.2. The third-order valence-electron chi connectivity index (χ3n) is 3.30. The topological polar surface area (TPSA) is 20.3 Å². The Morgan fingerprint density at radius 2 is 2.06 bits per heavy atom. The lowest BCUT2D eigenvalue weighted by molar-refractivity contribution is 0.0740. The van der Waals surface area contributed by atoms with E-state index in [2.05, 4.69) is 13.8 Å². The van der Waals surface area contributed by atoms with E-state index in [4.69, 9.17) is 0 Å². The Morgan fingerprint density at radius 3 is 2.56 bits per heavy atom. The van der Waals surface area contributed by atoms with E-state index < -0.39 is 0 Å². The average Bonchev–Trinajstić information content (AvgIpc) is 2.38. The molecule has 0 aliphatic carbocycles. The largest absolute Gasteiger partial charge is 0.339 e. The van der Waals surface area contributed by atoms with Gasteiger partial charge in [-0.2, -0.15) is 0 Å². The lowest BCUT2D eigenvalue weighted by Crippen LogP contribution is -2.34. The van der Waals surface area contributed by atoms with E-state index in [9.17, 15) is 9.18 Å². The highest BCUT2D eigenvalue weighted by atomic mass is 19.1. The second-order valence-corrected chi connectivity index (χ2v) is 4.82. The Bertz CT molecular complexity index is 417. The predicted molar refractivity (Wildman–Crippen MR) is 72.2 cm³/mol. The van der Waals surface area contributed by atoms with Gasteiger partial charge in [0.1, 0.15) is 5.82 Å². The molecular formula is C15H22FNO. The fourth-order valence-electron chi connectivity index (χ4n) is 1.82. The molecule has 0 fully saturated rings. The van der Waals surface area contributed by atoms with Gasteiger partial charge in [0.05, 0.1) is 0 Å². The molecule has 0 aromatic heterocycles. The number of rotatable bonds is 5. The van der Waals surface area contributed by atoms with Gasteiger partial charge in [-0.25, -0.2) is 4.39 Å². The number of hydrogen-bond acceptors (Lipinski definition) is 1. The Morgan fingerprint density at radius 1 is 1.39 bits per heavy atom. The van der Waals surface area contributed by atoms with Crippen LogP contribution < -0.4 is 0 Å².